The van der Waals surface area contributed by atoms with Gasteiger partial charge in [0.15, 0.2) is 5.54 Å². The van der Waals surface area contributed by atoms with Crippen molar-refractivity contribution in [1.29, 1.82) is 0 Å². The quantitative estimate of drug-likeness (QED) is 0.532. The highest BCUT2D eigenvalue weighted by Crippen LogP contribution is 2.52. The van der Waals surface area contributed by atoms with Crippen molar-refractivity contribution in [2.75, 3.05) is 23.8 Å². The Morgan fingerprint density at radius 1 is 0.941 bits per heavy atom. The molecule has 172 valence electrons. The summed E-state index contributed by atoms with van der Waals surface area (Å²) in [6.45, 7) is 3.49. The summed E-state index contributed by atoms with van der Waals surface area (Å²) >= 11 is 6.30. The fourth-order valence-corrected chi connectivity index (χ4v) is 4.91. The van der Waals surface area contributed by atoms with E-state index in [9.17, 15) is 14.4 Å². The van der Waals surface area contributed by atoms with E-state index in [0.717, 1.165) is 10.8 Å². The minimum Gasteiger partial charge on any atom is -0.463 e. The summed E-state index contributed by atoms with van der Waals surface area (Å²) in [4.78, 5) is 40.6. The number of halogens is 1. The molecule has 5 rings (SSSR count). The van der Waals surface area contributed by atoms with E-state index in [4.69, 9.17) is 21.1 Å². The molecule has 1 amide bonds. The van der Waals surface area contributed by atoms with E-state index < -0.39 is 23.4 Å². The van der Waals surface area contributed by atoms with Crippen molar-refractivity contribution in [2.24, 2.45) is 0 Å². The molecule has 1 atom stereocenters. The number of amides is 1. The number of fused-ring (bicyclic) bond motifs is 5. The van der Waals surface area contributed by atoms with E-state index in [1.165, 1.54) is 0 Å². The third-order valence-corrected chi connectivity index (χ3v) is 6.29. The first-order chi connectivity index (χ1) is 16.4. The first kappa shape index (κ1) is 22.0. The second-order valence-electron chi connectivity index (χ2n) is 7.92. The van der Waals surface area contributed by atoms with Gasteiger partial charge < -0.3 is 20.1 Å². The first-order valence-corrected chi connectivity index (χ1v) is 11.3. The fraction of sp³-hybridized carbons (Fsp3) is 0.192. The van der Waals surface area contributed by atoms with Crippen molar-refractivity contribution >= 4 is 57.2 Å². The molecular formula is C26H21ClN2O5. The van der Waals surface area contributed by atoms with Crippen molar-refractivity contribution in [3.63, 3.8) is 0 Å². The molecule has 8 heteroatoms. The molecule has 2 heterocycles. The predicted octanol–water partition coefficient (Wildman–Crippen LogP) is 4.65. The fourth-order valence-electron chi connectivity index (χ4n) is 4.73. The molecule has 0 aliphatic carbocycles. The first-order valence-electron chi connectivity index (χ1n) is 10.9. The van der Waals surface area contributed by atoms with Crippen molar-refractivity contribution in [1.82, 2.24) is 0 Å². The highest BCUT2D eigenvalue weighted by molar-refractivity contribution is 6.34. The molecule has 0 aromatic heterocycles. The van der Waals surface area contributed by atoms with Crippen LogP contribution in [0.15, 0.2) is 60.2 Å². The van der Waals surface area contributed by atoms with Gasteiger partial charge >= 0.3 is 11.9 Å². The maximum atomic E-state index is 13.6. The third-order valence-electron chi connectivity index (χ3n) is 6.06. The van der Waals surface area contributed by atoms with Gasteiger partial charge in [-0.05, 0) is 48.9 Å². The summed E-state index contributed by atoms with van der Waals surface area (Å²) in [5.74, 6) is -2.03. The number of nitrogens with one attached hydrogen (secondary N) is 2. The molecule has 34 heavy (non-hydrogen) atoms. The number of hydrogen-bond donors (Lipinski definition) is 2. The molecule has 0 radical (unpaired) electrons. The summed E-state index contributed by atoms with van der Waals surface area (Å²) < 4.78 is 10.8. The van der Waals surface area contributed by atoms with Crippen LogP contribution in [0.2, 0.25) is 5.02 Å². The largest absolute Gasteiger partial charge is 0.463 e. The van der Waals surface area contributed by atoms with Gasteiger partial charge in [0.25, 0.3) is 5.91 Å². The van der Waals surface area contributed by atoms with Crippen LogP contribution in [0, 0.1) is 0 Å². The van der Waals surface area contributed by atoms with Crippen LogP contribution >= 0.6 is 11.6 Å². The normalized spacial score (nSPS) is 18.3. The lowest BCUT2D eigenvalue weighted by atomic mass is 9.75. The zero-order valence-corrected chi connectivity index (χ0v) is 19.3. The topological polar surface area (TPSA) is 93.7 Å². The SMILES string of the molecule is CCOC(=O)C1=C(C(=O)OCC)C2(Nc3ccc4ccccc4c31)C(=O)Nc1ccc(Cl)cc12. The van der Waals surface area contributed by atoms with Crippen molar-refractivity contribution in [3.05, 3.63) is 76.3 Å². The number of benzene rings is 3. The number of ether oxygens (including phenoxy) is 2. The molecule has 1 spiro atoms. The highest BCUT2D eigenvalue weighted by Gasteiger charge is 2.57. The molecular weight excluding hydrogens is 456 g/mol. The third kappa shape index (κ3) is 3.08. The van der Waals surface area contributed by atoms with Gasteiger partial charge in [-0.3, -0.25) is 4.79 Å². The zero-order chi connectivity index (χ0) is 24.0. The zero-order valence-electron chi connectivity index (χ0n) is 18.5. The van der Waals surface area contributed by atoms with E-state index in [1.807, 2.05) is 30.3 Å². The molecule has 2 aliphatic heterocycles. The van der Waals surface area contributed by atoms with E-state index in [2.05, 4.69) is 10.6 Å². The highest BCUT2D eigenvalue weighted by atomic mass is 35.5. The summed E-state index contributed by atoms with van der Waals surface area (Å²) in [6, 6.07) is 16.1. The smallest absolute Gasteiger partial charge is 0.339 e. The van der Waals surface area contributed by atoms with Gasteiger partial charge in [0.05, 0.1) is 24.4 Å². The van der Waals surface area contributed by atoms with Gasteiger partial charge in [-0.25, -0.2) is 9.59 Å². The van der Waals surface area contributed by atoms with Crippen LogP contribution in [0.5, 0.6) is 0 Å². The monoisotopic (exact) mass is 476 g/mol. The van der Waals surface area contributed by atoms with Crippen molar-refractivity contribution in [3.8, 4) is 0 Å². The predicted molar refractivity (Wildman–Crippen MR) is 130 cm³/mol. The number of carbonyl (C=O) groups excluding carboxylic acids is 3. The molecule has 1 unspecified atom stereocenters. The second-order valence-corrected chi connectivity index (χ2v) is 8.36. The average molecular weight is 477 g/mol. The number of rotatable bonds is 4. The Hall–Kier alpha value is -3.84. The van der Waals surface area contributed by atoms with Crippen LogP contribution in [0.1, 0.15) is 25.0 Å². The molecule has 0 fully saturated rings. The molecule has 3 aromatic carbocycles. The minimum atomic E-state index is -1.73. The minimum absolute atomic E-state index is 0.00572. The van der Waals surface area contributed by atoms with Gasteiger partial charge in [-0.1, -0.05) is 41.9 Å². The number of esters is 2. The van der Waals surface area contributed by atoms with E-state index >= 15 is 0 Å². The van der Waals surface area contributed by atoms with Crippen molar-refractivity contribution in [2.45, 2.75) is 19.4 Å². The van der Waals surface area contributed by atoms with Gasteiger partial charge in [-0.2, -0.15) is 0 Å². The lowest BCUT2D eigenvalue weighted by Crippen LogP contribution is -2.49. The maximum Gasteiger partial charge on any atom is 0.339 e. The molecule has 0 bridgehead atoms. The van der Waals surface area contributed by atoms with E-state index in [1.54, 1.807) is 38.1 Å². The summed E-state index contributed by atoms with van der Waals surface area (Å²) in [5, 5.41) is 8.07. The Morgan fingerprint density at radius 2 is 1.65 bits per heavy atom. The number of hydrogen-bond acceptors (Lipinski definition) is 6. The molecule has 2 aliphatic rings. The van der Waals surface area contributed by atoms with Gasteiger partial charge in [0, 0.05) is 27.5 Å². The van der Waals surface area contributed by atoms with Crippen molar-refractivity contribution < 1.29 is 23.9 Å². The lowest BCUT2D eigenvalue weighted by Gasteiger charge is -2.37. The number of carbonyl (C=O) groups is 3. The molecule has 2 N–H and O–H groups in total. The van der Waals surface area contributed by atoms with Crippen LogP contribution in [0.3, 0.4) is 0 Å². The Kier molecular flexibility index (Phi) is 5.29. The Balaban J connectivity index is 1.94. The van der Waals surface area contributed by atoms with Crippen LogP contribution in [0.4, 0.5) is 11.4 Å². The number of anilines is 2. The second kappa shape index (κ2) is 8.18. The molecule has 7 nitrogen and oxygen atoms in total. The molecule has 0 saturated heterocycles. The van der Waals surface area contributed by atoms with Crippen LogP contribution in [0.25, 0.3) is 16.3 Å². The Labute approximate surface area is 200 Å². The summed E-state index contributed by atoms with van der Waals surface area (Å²) in [5.41, 5.74) is 0.0319. The van der Waals surface area contributed by atoms with E-state index in [-0.39, 0.29) is 24.4 Å². The molecule has 3 aromatic rings. The lowest BCUT2D eigenvalue weighted by molar-refractivity contribution is -0.141. The van der Waals surface area contributed by atoms with Crippen LogP contribution < -0.4 is 10.6 Å². The van der Waals surface area contributed by atoms with Gasteiger partial charge in [0.2, 0.25) is 0 Å². The summed E-state index contributed by atoms with van der Waals surface area (Å²) in [7, 11) is 0. The standard InChI is InChI=1S/C26H21ClN2O5/c1-3-33-23(30)21-20-16-8-6-5-7-14(16)9-11-19(20)29-26(22(21)24(31)34-4-2)17-13-15(27)10-12-18(17)28-25(26)32/h5-13,29H,3-4H2,1-2H3,(H,28,32). The summed E-state index contributed by atoms with van der Waals surface area (Å²) in [6.07, 6.45) is 0. The average Bonchev–Trinajstić information content (AvgIpc) is 3.09. The Bertz CT molecular complexity index is 1410. The van der Waals surface area contributed by atoms with Gasteiger partial charge in [-0.15, -0.1) is 0 Å². The van der Waals surface area contributed by atoms with Crippen LogP contribution in [-0.2, 0) is 29.4 Å². The van der Waals surface area contributed by atoms with E-state index in [0.29, 0.717) is 27.5 Å². The molecule has 0 saturated carbocycles. The Morgan fingerprint density at radius 3 is 2.41 bits per heavy atom. The van der Waals surface area contributed by atoms with Crippen LogP contribution in [-0.4, -0.2) is 31.1 Å². The maximum absolute atomic E-state index is 13.6. The van der Waals surface area contributed by atoms with Gasteiger partial charge in [0.1, 0.15) is 0 Å².